The van der Waals surface area contributed by atoms with E-state index >= 15 is 0 Å². The molecule has 0 saturated carbocycles. The molecule has 9 heteroatoms. The topological polar surface area (TPSA) is 62.4 Å². The molecule has 2 atom stereocenters. The highest BCUT2D eigenvalue weighted by Gasteiger charge is 2.40. The van der Waals surface area contributed by atoms with Crippen molar-refractivity contribution in [3.05, 3.63) is 41.5 Å². The molecule has 2 aliphatic heterocycles. The van der Waals surface area contributed by atoms with Gasteiger partial charge in [-0.1, -0.05) is 13.8 Å². The standard InChI is InChI=1S/C30H39F3N4O2/c1-18(2)13-22-14-19(9-12-37(22)21-7-10-34-11-8-21)23-16-25-26(17-24(23)30(31,32)33)36-29(35-25)20-5-6-27(38-3)28(15-20)39-4/h5-6,15-19,21-22,34H,7-14H2,1-4H3,(H,35,36)/t19?,22-/m1/s1. The molecule has 0 aliphatic carbocycles. The smallest absolute Gasteiger partial charge is 0.416 e. The maximum atomic E-state index is 14.4. The van der Waals surface area contributed by atoms with Crippen LogP contribution in [0.1, 0.15) is 63.0 Å². The molecular formula is C30H39F3N4O2. The first-order chi connectivity index (χ1) is 18.7. The summed E-state index contributed by atoms with van der Waals surface area (Å²) in [6.45, 7) is 7.26. The van der Waals surface area contributed by atoms with Crippen LogP contribution in [0.4, 0.5) is 13.2 Å². The Kier molecular flexibility index (Phi) is 8.10. The summed E-state index contributed by atoms with van der Waals surface area (Å²) in [6, 6.07) is 9.07. The summed E-state index contributed by atoms with van der Waals surface area (Å²) in [4.78, 5) is 10.4. The van der Waals surface area contributed by atoms with Gasteiger partial charge in [-0.25, -0.2) is 4.98 Å². The number of rotatable bonds is 7. The van der Waals surface area contributed by atoms with Gasteiger partial charge in [0.1, 0.15) is 5.82 Å². The van der Waals surface area contributed by atoms with Gasteiger partial charge in [-0.3, -0.25) is 4.90 Å². The molecule has 6 nitrogen and oxygen atoms in total. The van der Waals surface area contributed by atoms with E-state index in [0.717, 1.165) is 51.7 Å². The van der Waals surface area contributed by atoms with E-state index in [9.17, 15) is 13.2 Å². The fourth-order valence-electron chi connectivity index (χ4n) is 6.52. The second kappa shape index (κ2) is 11.4. The molecule has 2 aromatic carbocycles. The van der Waals surface area contributed by atoms with Crippen molar-refractivity contribution in [2.75, 3.05) is 33.9 Å². The second-order valence-electron chi connectivity index (χ2n) is 11.3. The molecule has 1 aromatic heterocycles. The summed E-state index contributed by atoms with van der Waals surface area (Å²) >= 11 is 0. The number of nitrogens with zero attached hydrogens (tertiary/aromatic N) is 2. The number of nitrogens with one attached hydrogen (secondary N) is 2. The lowest BCUT2D eigenvalue weighted by atomic mass is 9.79. The van der Waals surface area contributed by atoms with Gasteiger partial charge in [0.25, 0.3) is 0 Å². The van der Waals surface area contributed by atoms with Gasteiger partial charge in [0, 0.05) is 17.6 Å². The van der Waals surface area contributed by atoms with Crippen molar-refractivity contribution in [1.82, 2.24) is 20.2 Å². The van der Waals surface area contributed by atoms with Gasteiger partial charge in [-0.05, 0) is 99.5 Å². The molecule has 0 radical (unpaired) electrons. The molecule has 3 heterocycles. The Labute approximate surface area is 228 Å². The van der Waals surface area contributed by atoms with Crippen LogP contribution in [0.5, 0.6) is 11.5 Å². The summed E-state index contributed by atoms with van der Waals surface area (Å²) in [7, 11) is 3.10. The quantitative estimate of drug-likeness (QED) is 0.350. The van der Waals surface area contributed by atoms with Gasteiger partial charge in [0.05, 0.1) is 30.8 Å². The number of fused-ring (bicyclic) bond motifs is 1. The summed E-state index contributed by atoms with van der Waals surface area (Å²) < 4.78 is 54.0. The van der Waals surface area contributed by atoms with Crippen LogP contribution in [0.15, 0.2) is 30.3 Å². The average Bonchev–Trinajstić information content (AvgIpc) is 3.35. The van der Waals surface area contributed by atoms with Crippen molar-refractivity contribution >= 4 is 11.0 Å². The molecule has 0 bridgehead atoms. The first kappa shape index (κ1) is 27.8. The fourth-order valence-corrected chi connectivity index (χ4v) is 6.52. The van der Waals surface area contributed by atoms with Crippen LogP contribution in [-0.2, 0) is 6.18 Å². The molecule has 3 aromatic rings. The number of hydrogen-bond donors (Lipinski definition) is 2. The van der Waals surface area contributed by atoms with E-state index in [1.54, 1.807) is 32.4 Å². The Bertz CT molecular complexity index is 1280. The van der Waals surface area contributed by atoms with E-state index in [0.29, 0.717) is 51.4 Å². The third kappa shape index (κ3) is 5.89. The maximum absolute atomic E-state index is 14.4. The predicted octanol–water partition coefficient (Wildman–Crippen LogP) is 6.61. The van der Waals surface area contributed by atoms with Crippen molar-refractivity contribution in [2.24, 2.45) is 5.92 Å². The number of ether oxygens (including phenoxy) is 2. The van der Waals surface area contributed by atoms with Gasteiger partial charge in [-0.15, -0.1) is 0 Å². The first-order valence-corrected chi connectivity index (χ1v) is 14.0. The molecule has 0 spiro atoms. The Morgan fingerprint density at radius 3 is 2.44 bits per heavy atom. The number of alkyl halides is 3. The van der Waals surface area contributed by atoms with Crippen LogP contribution < -0.4 is 14.8 Å². The molecule has 1 unspecified atom stereocenters. The molecular weight excluding hydrogens is 505 g/mol. The van der Waals surface area contributed by atoms with Crippen LogP contribution in [0.3, 0.4) is 0 Å². The Morgan fingerprint density at radius 1 is 1.03 bits per heavy atom. The molecule has 2 fully saturated rings. The highest BCUT2D eigenvalue weighted by molar-refractivity contribution is 5.82. The molecule has 2 aliphatic rings. The molecule has 2 N–H and O–H groups in total. The number of imidazole rings is 1. The number of aromatic nitrogens is 2. The van der Waals surface area contributed by atoms with Crippen LogP contribution in [-0.4, -0.2) is 60.8 Å². The zero-order chi connectivity index (χ0) is 27.7. The van der Waals surface area contributed by atoms with Crippen LogP contribution >= 0.6 is 0 Å². The lowest BCUT2D eigenvalue weighted by Gasteiger charge is -2.46. The molecule has 0 amide bonds. The predicted molar refractivity (Wildman–Crippen MR) is 147 cm³/mol. The molecule has 212 valence electrons. The SMILES string of the molecule is COc1ccc(-c2nc3cc(C4CCN(C5CCNCC5)[C@H](CC(C)C)C4)c(C(F)(F)F)cc3[nH]2)cc1OC. The Morgan fingerprint density at radius 2 is 1.77 bits per heavy atom. The molecule has 39 heavy (non-hydrogen) atoms. The van der Waals surface area contributed by atoms with Crippen LogP contribution in [0.25, 0.3) is 22.4 Å². The summed E-state index contributed by atoms with van der Waals surface area (Å²) in [6.07, 6.45) is 0.216. The Hall–Kier alpha value is -2.78. The number of benzene rings is 2. The van der Waals surface area contributed by atoms with Gasteiger partial charge >= 0.3 is 6.18 Å². The minimum atomic E-state index is -4.45. The normalized spacial score (nSPS) is 21.5. The zero-order valence-corrected chi connectivity index (χ0v) is 23.2. The minimum Gasteiger partial charge on any atom is -0.493 e. The van der Waals surface area contributed by atoms with E-state index in [1.807, 2.05) is 6.07 Å². The molecule has 5 rings (SSSR count). The first-order valence-electron chi connectivity index (χ1n) is 14.0. The number of methoxy groups -OCH3 is 2. The van der Waals surface area contributed by atoms with E-state index in [1.165, 1.54) is 6.07 Å². The monoisotopic (exact) mass is 544 g/mol. The second-order valence-corrected chi connectivity index (χ2v) is 11.3. The number of hydrogen-bond acceptors (Lipinski definition) is 5. The van der Waals surface area contributed by atoms with Crippen molar-refractivity contribution in [3.63, 3.8) is 0 Å². The number of halogens is 3. The lowest BCUT2D eigenvalue weighted by Crippen LogP contribution is -2.51. The van der Waals surface area contributed by atoms with Crippen molar-refractivity contribution in [1.29, 1.82) is 0 Å². The summed E-state index contributed by atoms with van der Waals surface area (Å²) in [5.41, 5.74) is 1.46. The van der Waals surface area contributed by atoms with E-state index < -0.39 is 11.7 Å². The minimum absolute atomic E-state index is 0.158. The van der Waals surface area contributed by atoms with Gasteiger partial charge < -0.3 is 19.8 Å². The average molecular weight is 545 g/mol. The largest absolute Gasteiger partial charge is 0.493 e. The van der Waals surface area contributed by atoms with E-state index in [4.69, 9.17) is 14.5 Å². The third-order valence-electron chi connectivity index (χ3n) is 8.34. The number of H-pyrrole nitrogens is 1. The van der Waals surface area contributed by atoms with Crippen molar-refractivity contribution < 1.29 is 22.6 Å². The number of aromatic amines is 1. The zero-order valence-electron chi connectivity index (χ0n) is 23.2. The third-order valence-corrected chi connectivity index (χ3v) is 8.34. The highest BCUT2D eigenvalue weighted by Crippen LogP contribution is 2.43. The number of piperidine rings is 2. The van der Waals surface area contributed by atoms with Crippen LogP contribution in [0, 0.1) is 5.92 Å². The lowest BCUT2D eigenvalue weighted by molar-refractivity contribution is -0.138. The van der Waals surface area contributed by atoms with Gasteiger partial charge in [0.2, 0.25) is 0 Å². The summed E-state index contributed by atoms with van der Waals surface area (Å²) in [5, 5.41) is 3.44. The van der Waals surface area contributed by atoms with Gasteiger partial charge in [-0.2, -0.15) is 13.2 Å². The molecule has 2 saturated heterocycles. The van der Waals surface area contributed by atoms with E-state index in [-0.39, 0.29) is 12.0 Å². The van der Waals surface area contributed by atoms with E-state index in [2.05, 4.69) is 29.0 Å². The van der Waals surface area contributed by atoms with Crippen LogP contribution in [0.2, 0.25) is 0 Å². The van der Waals surface area contributed by atoms with Crippen molar-refractivity contribution in [2.45, 2.75) is 70.1 Å². The van der Waals surface area contributed by atoms with Gasteiger partial charge in [0.15, 0.2) is 11.5 Å². The summed E-state index contributed by atoms with van der Waals surface area (Å²) in [5.74, 6) is 1.93. The highest BCUT2D eigenvalue weighted by atomic mass is 19.4. The Balaban J connectivity index is 1.50. The van der Waals surface area contributed by atoms with Crippen molar-refractivity contribution in [3.8, 4) is 22.9 Å². The number of likely N-dealkylation sites (tertiary alicyclic amines) is 1. The fraction of sp³-hybridized carbons (Fsp3) is 0.567. The maximum Gasteiger partial charge on any atom is 0.416 e.